The number of unbranched alkanes of at least 4 members (excludes halogenated alkanes) is 13. The third kappa shape index (κ3) is 25.4. The molecule has 364 valence electrons. The molecule has 0 bridgehead atoms. The van der Waals surface area contributed by atoms with Gasteiger partial charge in [-0.05, 0) is 12.8 Å². The van der Waals surface area contributed by atoms with E-state index in [2.05, 4.69) is 6.92 Å². The number of carbonyl (C=O) groups is 1. The number of hydrogen-bond acceptors (Lipinski definition) is 16. The van der Waals surface area contributed by atoms with Crippen molar-refractivity contribution in [3.05, 3.63) is 0 Å². The number of Topliss-reactive ketones (excluding diaryl/α,β-unsaturated/α-hetero) is 1. The number of ketones is 1. The number of methoxy groups -OCH3 is 2. The summed E-state index contributed by atoms with van der Waals surface area (Å²) in [7, 11) is 3.00. The number of hydrogen-bond donors (Lipinski definition) is 6. The van der Waals surface area contributed by atoms with Crippen LogP contribution in [0.5, 0.6) is 0 Å². The molecule has 0 saturated carbocycles. The zero-order valence-corrected chi connectivity index (χ0v) is 38.3. The molecule has 0 spiro atoms. The second-order valence-corrected chi connectivity index (χ2v) is 16.2. The molecule has 0 aromatic carbocycles. The van der Waals surface area contributed by atoms with E-state index in [4.69, 9.17) is 52.8 Å². The van der Waals surface area contributed by atoms with Gasteiger partial charge in [-0.1, -0.05) is 104 Å². The van der Waals surface area contributed by atoms with Gasteiger partial charge >= 0.3 is 0 Å². The zero-order chi connectivity index (χ0) is 44.9. The fourth-order valence-electron chi connectivity index (χ4n) is 7.78. The lowest BCUT2D eigenvalue weighted by atomic mass is 9.83. The van der Waals surface area contributed by atoms with Crippen molar-refractivity contribution < 1.29 is 78.1 Å². The van der Waals surface area contributed by atoms with Crippen LogP contribution in [-0.2, 0) is 47.4 Å². The summed E-state index contributed by atoms with van der Waals surface area (Å²) in [6.07, 6.45) is 12.7. The predicted molar refractivity (Wildman–Crippen MR) is 230 cm³/mol. The van der Waals surface area contributed by atoms with Gasteiger partial charge in [0, 0.05) is 39.1 Å². The molecule has 2 aliphatic heterocycles. The van der Waals surface area contributed by atoms with Crippen molar-refractivity contribution in [2.24, 2.45) is 11.8 Å². The first kappa shape index (κ1) is 58.1. The maximum atomic E-state index is 13.0. The minimum Gasteiger partial charge on any atom is -0.396 e. The average Bonchev–Trinajstić information content (AvgIpc) is 3.25. The first-order valence-corrected chi connectivity index (χ1v) is 23.4. The third-order valence-electron chi connectivity index (χ3n) is 11.2. The fourth-order valence-corrected chi connectivity index (χ4v) is 7.78. The van der Waals surface area contributed by atoms with Gasteiger partial charge < -0.3 is 73.3 Å². The number of rotatable bonds is 38. The second kappa shape index (κ2) is 39.4. The molecule has 4 unspecified atom stereocenters. The molecule has 0 aromatic heterocycles. The number of ether oxygens (including phenoxy) is 9. The van der Waals surface area contributed by atoms with Crippen LogP contribution in [-0.4, -0.2) is 186 Å². The van der Waals surface area contributed by atoms with E-state index in [1.165, 1.54) is 97.7 Å². The van der Waals surface area contributed by atoms with Crippen molar-refractivity contribution in [1.82, 2.24) is 0 Å². The maximum absolute atomic E-state index is 13.0. The van der Waals surface area contributed by atoms with Crippen molar-refractivity contribution in [2.45, 2.75) is 172 Å². The molecule has 2 fully saturated rings. The van der Waals surface area contributed by atoms with Crippen LogP contribution in [0.1, 0.15) is 123 Å². The fraction of sp³-hybridized carbons (Fsp3) is 0.978. The molecule has 2 aliphatic rings. The molecule has 2 saturated heterocycles. The maximum Gasteiger partial charge on any atom is 0.164 e. The second-order valence-electron chi connectivity index (χ2n) is 16.2. The number of aliphatic hydroxyl groups excluding tert-OH is 6. The van der Waals surface area contributed by atoms with Crippen LogP contribution in [0, 0.1) is 11.8 Å². The molecule has 0 amide bonds. The van der Waals surface area contributed by atoms with E-state index in [0.717, 1.165) is 6.42 Å². The molecular weight excluding hydrogens is 796 g/mol. The minimum absolute atomic E-state index is 0.109. The van der Waals surface area contributed by atoms with E-state index in [0.29, 0.717) is 26.1 Å². The average molecular weight is 885 g/mol. The van der Waals surface area contributed by atoms with Crippen LogP contribution in [0.25, 0.3) is 0 Å². The van der Waals surface area contributed by atoms with Crippen LogP contribution < -0.4 is 0 Å². The van der Waals surface area contributed by atoms with Gasteiger partial charge in [-0.3, -0.25) is 4.79 Å². The lowest BCUT2D eigenvalue weighted by Gasteiger charge is -2.45. The topological polar surface area (TPSA) is 222 Å². The van der Waals surface area contributed by atoms with E-state index in [1.54, 1.807) is 0 Å². The largest absolute Gasteiger partial charge is 0.396 e. The monoisotopic (exact) mass is 885 g/mol. The number of carbonyl (C=O) groups excluding carboxylic acids is 1. The Labute approximate surface area is 367 Å². The Hall–Kier alpha value is -0.930. The molecular formula is C45H88O16. The van der Waals surface area contributed by atoms with Crippen molar-refractivity contribution in [3.8, 4) is 0 Å². The van der Waals surface area contributed by atoms with Crippen molar-refractivity contribution in [3.63, 3.8) is 0 Å². The Balaban J connectivity index is 0.000000918. The molecule has 0 aliphatic carbocycles. The summed E-state index contributed by atoms with van der Waals surface area (Å²) >= 11 is 0. The summed E-state index contributed by atoms with van der Waals surface area (Å²) in [6.45, 7) is 5.24. The Morgan fingerprint density at radius 1 is 0.508 bits per heavy atom. The summed E-state index contributed by atoms with van der Waals surface area (Å²) in [6, 6.07) is 0. The molecule has 0 radical (unpaired) electrons. The third-order valence-corrected chi connectivity index (χ3v) is 11.2. The molecule has 2 rings (SSSR count). The van der Waals surface area contributed by atoms with E-state index in [9.17, 15) is 25.2 Å². The van der Waals surface area contributed by atoms with E-state index in [1.807, 2.05) is 6.92 Å². The zero-order valence-electron chi connectivity index (χ0n) is 38.3. The minimum atomic E-state index is -1.29. The van der Waals surface area contributed by atoms with Gasteiger partial charge in [0.1, 0.15) is 31.2 Å². The van der Waals surface area contributed by atoms with Gasteiger partial charge in [-0.2, -0.15) is 0 Å². The first-order valence-electron chi connectivity index (χ1n) is 23.4. The highest BCUT2D eigenvalue weighted by Gasteiger charge is 2.49. The molecule has 2 heterocycles. The van der Waals surface area contributed by atoms with Crippen LogP contribution in [0.3, 0.4) is 0 Å². The summed E-state index contributed by atoms with van der Waals surface area (Å²) in [5.41, 5.74) is 0. The molecule has 10 atom stereocenters. The smallest absolute Gasteiger partial charge is 0.164 e. The molecule has 61 heavy (non-hydrogen) atoms. The predicted octanol–water partition coefficient (Wildman–Crippen LogP) is 3.74. The highest BCUT2D eigenvalue weighted by Crippen LogP contribution is 2.33. The van der Waals surface area contributed by atoms with Crippen molar-refractivity contribution in [2.75, 3.05) is 100 Å². The summed E-state index contributed by atoms with van der Waals surface area (Å²) in [4.78, 5) is 13.0. The van der Waals surface area contributed by atoms with Gasteiger partial charge in [0.15, 0.2) is 5.78 Å². The van der Waals surface area contributed by atoms with Gasteiger partial charge in [0.25, 0.3) is 0 Å². The van der Waals surface area contributed by atoms with Crippen molar-refractivity contribution >= 4 is 5.78 Å². The Kier molecular flexibility index (Phi) is 37.6. The number of aliphatic hydroxyl groups is 6. The Bertz CT molecular complexity index is 967. The summed E-state index contributed by atoms with van der Waals surface area (Å²) in [5, 5.41) is 60.1. The molecule has 0 aromatic rings. The van der Waals surface area contributed by atoms with E-state index in [-0.39, 0.29) is 85.1 Å². The van der Waals surface area contributed by atoms with Crippen molar-refractivity contribution in [1.29, 1.82) is 0 Å². The highest BCUT2D eigenvalue weighted by molar-refractivity contribution is 5.83. The standard InChI is InChI=1S/C29H54O15.C16H34O/c1-4-5-22-29(42-13-12-38-9-8-31)26(34)20(28(44-22)21(32)6-7-30)15-41-17-24-27(35)25(33)19(14-36-2)23(43-24)16-39-10-11-40-18-37-3;1-2-3-4-5-6-7-8-9-10-11-12-13-14-15-16-17/h19-20,22-31,33-35H,4-18H2,1-3H3;17H,2-16H2,1H3/t19-,20+,22+,23?,24+,25-,26?,27?,28-,29?;/m1./s1. The van der Waals surface area contributed by atoms with Gasteiger partial charge in [-0.15, -0.1) is 0 Å². The Morgan fingerprint density at radius 3 is 1.69 bits per heavy atom. The SMILES string of the molecule is CCCCCCCCCCCCCCCCO.CCC[C@@H]1O[C@@H](C(=O)CCO)[C@@H](COC[C@@H]2OC(COCCOCOC)[C@@H](COC)[C@@H](O)C2O)C(O)C1OCCOCCO. The quantitative estimate of drug-likeness (QED) is 0.0384. The lowest BCUT2D eigenvalue weighted by molar-refractivity contribution is -0.242. The Morgan fingerprint density at radius 2 is 1.11 bits per heavy atom. The van der Waals surface area contributed by atoms with Crippen LogP contribution in [0.15, 0.2) is 0 Å². The van der Waals surface area contributed by atoms with Crippen LogP contribution in [0.2, 0.25) is 0 Å². The normalized spacial score (nSPS) is 26.6. The summed E-state index contributed by atoms with van der Waals surface area (Å²) < 4.78 is 50.3. The van der Waals surface area contributed by atoms with Gasteiger partial charge in [0.05, 0.1) is 97.1 Å². The molecule has 16 nitrogen and oxygen atoms in total. The van der Waals surface area contributed by atoms with Gasteiger partial charge in [-0.25, -0.2) is 0 Å². The van der Waals surface area contributed by atoms with Gasteiger partial charge in [0.2, 0.25) is 0 Å². The lowest BCUT2D eigenvalue weighted by Crippen LogP contribution is -2.60. The first-order chi connectivity index (χ1) is 29.7. The van der Waals surface area contributed by atoms with Crippen LogP contribution in [0.4, 0.5) is 0 Å². The van der Waals surface area contributed by atoms with E-state index >= 15 is 0 Å². The molecule has 16 heteroatoms. The van der Waals surface area contributed by atoms with Crippen LogP contribution >= 0.6 is 0 Å². The highest BCUT2D eigenvalue weighted by atomic mass is 16.7. The van der Waals surface area contributed by atoms with E-state index < -0.39 is 60.7 Å². The molecule has 6 N–H and O–H groups in total. The summed E-state index contributed by atoms with van der Waals surface area (Å²) in [5.74, 6) is -1.77.